The minimum absolute atomic E-state index is 0.657. The number of rotatable bonds is 2. The molecule has 1 fully saturated rings. The van der Waals surface area contributed by atoms with Crippen LogP contribution in [0.4, 0.5) is 11.6 Å². The van der Waals surface area contributed by atoms with Gasteiger partial charge in [-0.15, -0.1) is 11.3 Å². The number of nitriles is 1. The molecule has 0 atom stereocenters. The normalized spacial score (nSPS) is 17.0. The van der Waals surface area contributed by atoms with Crippen LogP contribution in [0, 0.1) is 11.3 Å². The highest BCUT2D eigenvalue weighted by molar-refractivity contribution is 7.19. The van der Waals surface area contributed by atoms with E-state index in [0.29, 0.717) is 5.56 Å². The summed E-state index contributed by atoms with van der Waals surface area (Å²) in [5.74, 6) is 1.98. The van der Waals surface area contributed by atoms with Gasteiger partial charge in [0.15, 0.2) is 0 Å². The lowest BCUT2D eigenvalue weighted by molar-refractivity contribution is 0.642. The summed E-state index contributed by atoms with van der Waals surface area (Å²) < 4.78 is 0. The Bertz CT molecular complexity index is 1030. The Balaban J connectivity index is 1.41. The Morgan fingerprint density at radius 3 is 2.67 bits per heavy atom. The molecule has 0 unspecified atom stereocenters. The second-order valence-electron chi connectivity index (χ2n) is 7.08. The largest absolute Gasteiger partial charge is 0.353 e. The number of thiophene rings is 1. The molecule has 3 aromatic rings. The van der Waals surface area contributed by atoms with Gasteiger partial charge in [0.05, 0.1) is 17.0 Å². The standard InChI is InChI=1S/C20H20N6S/c21-12-14-5-6-22-17(11-14)25-7-9-26(10-8-25)19-18-15-3-1-2-4-16(15)27-20(18)24-13-23-19/h5-6,11,13H,1-4,7-10H2. The molecule has 0 aromatic carbocycles. The van der Waals surface area contributed by atoms with Gasteiger partial charge in [0.2, 0.25) is 0 Å². The third-order valence-electron chi connectivity index (χ3n) is 5.51. The van der Waals surface area contributed by atoms with Crippen LogP contribution >= 0.6 is 11.3 Å². The van der Waals surface area contributed by atoms with Crippen molar-refractivity contribution in [3.8, 4) is 6.07 Å². The Labute approximate surface area is 162 Å². The van der Waals surface area contributed by atoms with E-state index in [2.05, 4.69) is 30.8 Å². The van der Waals surface area contributed by atoms with Crippen LogP contribution in [0.1, 0.15) is 28.8 Å². The van der Waals surface area contributed by atoms with Gasteiger partial charge in [-0.25, -0.2) is 15.0 Å². The molecule has 5 rings (SSSR count). The molecule has 6 nitrogen and oxygen atoms in total. The average Bonchev–Trinajstić information content (AvgIpc) is 3.13. The van der Waals surface area contributed by atoms with Crippen LogP contribution in [0.2, 0.25) is 0 Å². The predicted molar refractivity (Wildman–Crippen MR) is 107 cm³/mol. The maximum absolute atomic E-state index is 9.11. The third-order valence-corrected chi connectivity index (χ3v) is 6.71. The first-order valence-electron chi connectivity index (χ1n) is 9.45. The van der Waals surface area contributed by atoms with Crippen LogP contribution in [-0.2, 0) is 12.8 Å². The van der Waals surface area contributed by atoms with E-state index in [-0.39, 0.29) is 0 Å². The van der Waals surface area contributed by atoms with Crippen LogP contribution in [0.5, 0.6) is 0 Å². The first-order valence-corrected chi connectivity index (χ1v) is 10.3. The zero-order valence-corrected chi connectivity index (χ0v) is 15.9. The van der Waals surface area contributed by atoms with Crippen molar-refractivity contribution in [2.45, 2.75) is 25.7 Å². The van der Waals surface area contributed by atoms with E-state index in [4.69, 9.17) is 5.26 Å². The average molecular weight is 376 g/mol. The predicted octanol–water partition coefficient (Wildman–Crippen LogP) is 3.16. The zero-order valence-electron chi connectivity index (χ0n) is 15.1. The van der Waals surface area contributed by atoms with Gasteiger partial charge < -0.3 is 9.80 Å². The minimum Gasteiger partial charge on any atom is -0.353 e. The molecule has 4 heterocycles. The number of pyridine rings is 1. The molecule has 3 aromatic heterocycles. The highest BCUT2D eigenvalue weighted by atomic mass is 32.1. The number of piperazine rings is 1. The Morgan fingerprint density at radius 2 is 1.81 bits per heavy atom. The maximum atomic E-state index is 9.11. The first kappa shape index (κ1) is 16.5. The highest BCUT2D eigenvalue weighted by Crippen LogP contribution is 2.39. The number of aryl methyl sites for hydroxylation is 2. The lowest BCUT2D eigenvalue weighted by atomic mass is 9.97. The molecule has 7 heteroatoms. The van der Waals surface area contributed by atoms with Crippen LogP contribution in [0.25, 0.3) is 10.2 Å². The van der Waals surface area contributed by atoms with Crippen molar-refractivity contribution in [1.82, 2.24) is 15.0 Å². The molecular weight excluding hydrogens is 356 g/mol. The number of aromatic nitrogens is 3. The highest BCUT2D eigenvalue weighted by Gasteiger charge is 2.25. The summed E-state index contributed by atoms with van der Waals surface area (Å²) in [6.07, 6.45) is 8.32. The van der Waals surface area contributed by atoms with Gasteiger partial charge in [-0.2, -0.15) is 5.26 Å². The molecule has 0 saturated carbocycles. The molecular formula is C20H20N6S. The summed E-state index contributed by atoms with van der Waals surface area (Å²) in [5.41, 5.74) is 2.15. The van der Waals surface area contributed by atoms with E-state index in [1.54, 1.807) is 18.6 Å². The van der Waals surface area contributed by atoms with Crippen molar-refractivity contribution < 1.29 is 0 Å². The second-order valence-corrected chi connectivity index (χ2v) is 8.16. The topological polar surface area (TPSA) is 68.9 Å². The number of anilines is 2. The van der Waals surface area contributed by atoms with Crippen molar-refractivity contribution in [1.29, 1.82) is 5.26 Å². The van der Waals surface area contributed by atoms with Gasteiger partial charge in [-0.1, -0.05) is 0 Å². The van der Waals surface area contributed by atoms with Crippen LogP contribution in [0.3, 0.4) is 0 Å². The fraction of sp³-hybridized carbons (Fsp3) is 0.400. The van der Waals surface area contributed by atoms with E-state index in [0.717, 1.165) is 49.1 Å². The third kappa shape index (κ3) is 2.90. The van der Waals surface area contributed by atoms with Gasteiger partial charge >= 0.3 is 0 Å². The Kier molecular flexibility index (Phi) is 4.13. The van der Waals surface area contributed by atoms with Gasteiger partial charge in [0, 0.05) is 37.3 Å². The number of fused-ring (bicyclic) bond motifs is 3. The quantitative estimate of drug-likeness (QED) is 0.684. The molecule has 0 spiro atoms. The summed E-state index contributed by atoms with van der Waals surface area (Å²) in [6.45, 7) is 3.55. The van der Waals surface area contributed by atoms with Gasteiger partial charge in [-0.3, -0.25) is 0 Å². The minimum atomic E-state index is 0.657. The van der Waals surface area contributed by atoms with E-state index in [1.165, 1.54) is 35.1 Å². The Morgan fingerprint density at radius 1 is 1.00 bits per heavy atom. The second kappa shape index (κ2) is 6.78. The zero-order chi connectivity index (χ0) is 18.2. The van der Waals surface area contributed by atoms with E-state index >= 15 is 0 Å². The van der Waals surface area contributed by atoms with Crippen LogP contribution < -0.4 is 9.80 Å². The molecule has 0 amide bonds. The van der Waals surface area contributed by atoms with Gasteiger partial charge in [0.25, 0.3) is 0 Å². The number of hydrogen-bond acceptors (Lipinski definition) is 7. The maximum Gasteiger partial charge on any atom is 0.141 e. The van der Waals surface area contributed by atoms with Crippen molar-refractivity contribution in [2.75, 3.05) is 36.0 Å². The number of nitrogens with zero attached hydrogens (tertiary/aromatic N) is 6. The summed E-state index contributed by atoms with van der Waals surface area (Å²) in [7, 11) is 0. The summed E-state index contributed by atoms with van der Waals surface area (Å²) in [5, 5.41) is 10.4. The van der Waals surface area contributed by atoms with Gasteiger partial charge in [0.1, 0.15) is 22.8 Å². The molecule has 0 N–H and O–H groups in total. The SMILES string of the molecule is N#Cc1ccnc(N2CCN(c3ncnc4sc5c(c34)CCCC5)CC2)c1. The molecule has 0 bridgehead atoms. The lowest BCUT2D eigenvalue weighted by Gasteiger charge is -2.36. The van der Waals surface area contributed by atoms with Crippen LogP contribution in [-0.4, -0.2) is 41.1 Å². The molecule has 27 heavy (non-hydrogen) atoms. The monoisotopic (exact) mass is 376 g/mol. The molecule has 136 valence electrons. The first-order chi connectivity index (χ1) is 13.3. The Hall–Kier alpha value is -2.72. The molecule has 1 aliphatic carbocycles. The number of hydrogen-bond donors (Lipinski definition) is 0. The molecule has 1 aliphatic heterocycles. The summed E-state index contributed by atoms with van der Waals surface area (Å²) in [6, 6.07) is 5.81. The molecule has 1 saturated heterocycles. The molecule has 0 radical (unpaired) electrons. The summed E-state index contributed by atoms with van der Waals surface area (Å²) >= 11 is 1.85. The van der Waals surface area contributed by atoms with Crippen molar-refractivity contribution in [3.05, 3.63) is 40.7 Å². The summed E-state index contributed by atoms with van der Waals surface area (Å²) in [4.78, 5) is 21.0. The molecule has 2 aliphatic rings. The van der Waals surface area contributed by atoms with E-state index in [1.807, 2.05) is 17.4 Å². The van der Waals surface area contributed by atoms with Crippen LogP contribution in [0.15, 0.2) is 24.7 Å². The van der Waals surface area contributed by atoms with Gasteiger partial charge in [-0.05, 0) is 43.4 Å². The fourth-order valence-corrected chi connectivity index (χ4v) is 5.35. The fourth-order valence-electron chi connectivity index (χ4n) is 4.12. The van der Waals surface area contributed by atoms with Crippen molar-refractivity contribution in [2.24, 2.45) is 0 Å². The van der Waals surface area contributed by atoms with E-state index in [9.17, 15) is 0 Å². The lowest BCUT2D eigenvalue weighted by Crippen LogP contribution is -2.47. The smallest absolute Gasteiger partial charge is 0.141 e. The van der Waals surface area contributed by atoms with E-state index < -0.39 is 0 Å². The van der Waals surface area contributed by atoms with Crippen molar-refractivity contribution >= 4 is 33.2 Å². The van der Waals surface area contributed by atoms with Crippen molar-refractivity contribution in [3.63, 3.8) is 0 Å².